The third-order valence-corrected chi connectivity index (χ3v) is 15.9. The fourth-order valence-electron chi connectivity index (χ4n) is 7.63. The van der Waals surface area contributed by atoms with Crippen LogP contribution in [0.4, 0.5) is 0 Å². The van der Waals surface area contributed by atoms with Gasteiger partial charge in [-0.2, -0.15) is 17.0 Å². The molecule has 94 heavy (non-hydrogen) atoms. The summed E-state index contributed by atoms with van der Waals surface area (Å²) in [6, 6.07) is 14.6. The number of carbonyl (C=O) groups excluding carboxylic acids is 2. The standard InChI is InChI=1S/C16H27N.C12H22N2O2.C11H23NO2.C11H25NS.C10H23NO2S.C9H21N.C8H19NO/c1-13(2)8-9-15-6-5-7-16(12-15)10-11-17-14(3)4;1-9(2)7-11(8-13)12(15)16-6-5-14-10(3)4;1-9(2)5-6-11(13)14-8-7-12-10(3)4;1-10(2)12-7-9-13-8-6-11(3,4)5;1-9(2)5-7-14(12,13)8-6-11-10(3)4;1-8(2)6-5-7-10-9(3)4;1-7(2)9-5-6-10-8(3)4/h5-7,12-14,17H,8-11H2,1-4H3;9-11,14H,5-7H2,1-4H3;9-10,12H,5-8H2,1-4H3;10,12H,6-9H2,1-5H3;9-11H,5-8H2,1-4H3;8-10H,5-7H2,1-4H3;7-9H,5-6H2,1-4H3. The van der Waals surface area contributed by atoms with Gasteiger partial charge in [-0.05, 0) is 137 Å². The molecule has 0 spiro atoms. The van der Waals surface area contributed by atoms with Crippen molar-refractivity contribution in [2.75, 3.05) is 88.6 Å². The van der Waals surface area contributed by atoms with Gasteiger partial charge in [-0.15, -0.1) is 0 Å². The third-order valence-electron chi connectivity index (χ3n) is 13.2. The number of esters is 2. The number of ether oxygens (including phenoxy) is 3. The molecule has 562 valence electrons. The minimum absolute atomic E-state index is 0.0794. The summed E-state index contributed by atoms with van der Waals surface area (Å²) < 4.78 is 38.3. The number of thioether (sulfide) groups is 1. The molecule has 0 heterocycles. The molecule has 1 rings (SSSR count). The summed E-state index contributed by atoms with van der Waals surface area (Å²) in [5, 5.41) is 31.8. The fraction of sp³-hybridized carbons (Fsp3) is 0.883. The van der Waals surface area contributed by atoms with Crippen LogP contribution in [0.15, 0.2) is 24.3 Å². The first-order valence-corrected chi connectivity index (χ1v) is 39.9. The number of nitrogens with one attached hydrogen (secondary N) is 7. The van der Waals surface area contributed by atoms with Crippen LogP contribution in [0.5, 0.6) is 0 Å². The molecular weight excluding hydrogens is 1210 g/mol. The molecule has 0 aliphatic rings. The van der Waals surface area contributed by atoms with Gasteiger partial charge >= 0.3 is 11.9 Å². The van der Waals surface area contributed by atoms with E-state index in [0.29, 0.717) is 116 Å². The number of nitrogens with zero attached hydrogens (tertiary/aromatic N) is 1. The van der Waals surface area contributed by atoms with Gasteiger partial charge in [0.2, 0.25) is 0 Å². The van der Waals surface area contributed by atoms with E-state index in [1.807, 2.05) is 61.5 Å². The maximum atomic E-state index is 11.5. The zero-order chi connectivity index (χ0) is 73.7. The Morgan fingerprint density at radius 3 is 1.35 bits per heavy atom. The van der Waals surface area contributed by atoms with Gasteiger partial charge in [-0.25, -0.2) is 8.42 Å². The van der Waals surface area contributed by atoms with Crippen molar-refractivity contribution in [1.82, 2.24) is 37.2 Å². The lowest BCUT2D eigenvalue weighted by Gasteiger charge is -2.17. The van der Waals surface area contributed by atoms with Crippen molar-refractivity contribution in [3.63, 3.8) is 0 Å². The molecule has 0 aromatic heterocycles. The number of carbonyl (C=O) groups is 2. The number of rotatable bonds is 44. The zero-order valence-electron chi connectivity index (χ0n) is 67.0. The molecule has 0 saturated carbocycles. The van der Waals surface area contributed by atoms with Crippen molar-refractivity contribution in [2.45, 2.75) is 313 Å². The Kier molecular flexibility index (Phi) is 74.0. The van der Waals surface area contributed by atoms with Crippen molar-refractivity contribution >= 4 is 33.5 Å². The van der Waals surface area contributed by atoms with Gasteiger partial charge in [0.05, 0.1) is 30.3 Å². The van der Waals surface area contributed by atoms with Gasteiger partial charge in [0, 0.05) is 87.2 Å². The maximum Gasteiger partial charge on any atom is 0.323 e. The molecule has 1 unspecified atom stereocenters. The summed E-state index contributed by atoms with van der Waals surface area (Å²) in [4.78, 5) is 22.6. The first kappa shape index (κ1) is 103. The first-order valence-electron chi connectivity index (χ1n) is 36.9. The topological polar surface area (TPSA) is 204 Å². The van der Waals surface area contributed by atoms with Gasteiger partial charge in [-0.1, -0.05) is 211 Å². The SMILES string of the molecule is CC(C)CC(C#N)C(=O)OCCNC(C)C.CC(C)CCC(=O)OCCNC(C)C.CC(C)CCCNC(C)C.CC(C)CCS(=O)(=O)CCNC(C)C.CC(C)CCc1cccc(CCNC(C)C)c1.CC(C)NCCOC(C)C.CC(C)NCCSCCC(C)(C)C. The average Bonchev–Trinajstić information content (AvgIpc) is 1.14. The lowest BCUT2D eigenvalue weighted by Crippen LogP contribution is -2.29. The Balaban J connectivity index is -0.000000242. The Morgan fingerprint density at radius 1 is 0.489 bits per heavy atom. The Bertz CT molecular complexity index is 1910. The number of aryl methyl sites for hydroxylation is 1. The van der Waals surface area contributed by atoms with Crippen LogP contribution in [0.1, 0.15) is 263 Å². The predicted molar refractivity (Wildman–Crippen MR) is 414 cm³/mol. The average molecular weight is 1370 g/mol. The summed E-state index contributed by atoms with van der Waals surface area (Å²) in [5.41, 5.74) is 3.44. The summed E-state index contributed by atoms with van der Waals surface area (Å²) in [6.45, 7) is 70.0. The van der Waals surface area contributed by atoms with E-state index in [4.69, 9.17) is 19.5 Å². The van der Waals surface area contributed by atoms with Gasteiger partial charge in [-0.3, -0.25) is 9.59 Å². The van der Waals surface area contributed by atoms with E-state index in [-0.39, 0.29) is 11.7 Å². The summed E-state index contributed by atoms with van der Waals surface area (Å²) in [7, 11) is -2.83. The van der Waals surface area contributed by atoms with E-state index in [0.717, 1.165) is 63.9 Å². The highest BCUT2D eigenvalue weighted by Crippen LogP contribution is 2.21. The minimum atomic E-state index is -2.83. The summed E-state index contributed by atoms with van der Waals surface area (Å²) in [6.07, 6.45) is 10.8. The molecular formula is C77H160N8O7S2. The fourth-order valence-corrected chi connectivity index (χ4v) is 10.3. The molecule has 1 aromatic rings. The van der Waals surface area contributed by atoms with E-state index in [9.17, 15) is 18.0 Å². The van der Waals surface area contributed by atoms with Crippen molar-refractivity contribution in [3.05, 3.63) is 35.4 Å². The van der Waals surface area contributed by atoms with E-state index < -0.39 is 21.7 Å². The maximum absolute atomic E-state index is 11.5. The Labute approximate surface area is 589 Å². The van der Waals surface area contributed by atoms with Crippen LogP contribution < -0.4 is 37.2 Å². The van der Waals surface area contributed by atoms with Gasteiger partial charge in [0.15, 0.2) is 9.84 Å². The zero-order valence-corrected chi connectivity index (χ0v) is 68.6. The first-order chi connectivity index (χ1) is 43.6. The molecule has 1 aromatic carbocycles. The predicted octanol–water partition coefficient (Wildman–Crippen LogP) is 15.9. The Hall–Kier alpha value is -2.37. The molecule has 0 bridgehead atoms. The van der Waals surface area contributed by atoms with E-state index in [1.165, 1.54) is 61.3 Å². The molecule has 7 N–H and O–H groups in total. The van der Waals surface area contributed by atoms with E-state index in [2.05, 4.69) is 219 Å². The van der Waals surface area contributed by atoms with Crippen LogP contribution in [0.3, 0.4) is 0 Å². The highest BCUT2D eigenvalue weighted by molar-refractivity contribution is 7.99. The lowest BCUT2D eigenvalue weighted by atomic mass is 9.94. The molecule has 0 fully saturated rings. The second-order valence-electron chi connectivity index (χ2n) is 30.6. The number of benzene rings is 1. The summed E-state index contributed by atoms with van der Waals surface area (Å²) >= 11 is 2.06. The van der Waals surface area contributed by atoms with Crippen LogP contribution in [-0.2, 0) is 46.5 Å². The molecule has 0 saturated heterocycles. The van der Waals surface area contributed by atoms with Gasteiger partial charge in [0.1, 0.15) is 19.1 Å². The Morgan fingerprint density at radius 2 is 0.915 bits per heavy atom. The highest BCUT2D eigenvalue weighted by atomic mass is 32.2. The van der Waals surface area contributed by atoms with Crippen molar-refractivity contribution in [2.24, 2.45) is 40.9 Å². The molecule has 0 amide bonds. The lowest BCUT2D eigenvalue weighted by molar-refractivity contribution is -0.147. The normalized spacial score (nSPS) is 11.9. The van der Waals surface area contributed by atoms with Gasteiger partial charge < -0.3 is 51.4 Å². The van der Waals surface area contributed by atoms with E-state index in [1.54, 1.807) is 0 Å². The van der Waals surface area contributed by atoms with Crippen LogP contribution in [0.2, 0.25) is 0 Å². The molecule has 1 atom stereocenters. The largest absolute Gasteiger partial charge is 0.464 e. The second-order valence-corrected chi connectivity index (χ2v) is 34.1. The van der Waals surface area contributed by atoms with Crippen LogP contribution >= 0.6 is 11.8 Å². The van der Waals surface area contributed by atoms with Crippen molar-refractivity contribution < 1.29 is 32.2 Å². The second kappa shape index (κ2) is 67.8. The number of sulfone groups is 1. The third kappa shape index (κ3) is 98.3. The number of nitriles is 1. The smallest absolute Gasteiger partial charge is 0.323 e. The molecule has 0 radical (unpaired) electrons. The van der Waals surface area contributed by atoms with Crippen LogP contribution in [-0.4, -0.2) is 157 Å². The van der Waals surface area contributed by atoms with Gasteiger partial charge in [0.25, 0.3) is 0 Å². The number of hydrogen-bond acceptors (Lipinski definition) is 16. The summed E-state index contributed by atoms with van der Waals surface area (Å²) in [5.74, 6) is 5.02. The number of hydrogen-bond donors (Lipinski definition) is 7. The molecule has 15 nitrogen and oxygen atoms in total. The van der Waals surface area contributed by atoms with Crippen molar-refractivity contribution in [1.29, 1.82) is 5.26 Å². The highest BCUT2D eigenvalue weighted by Gasteiger charge is 2.20. The van der Waals surface area contributed by atoms with Crippen LogP contribution in [0, 0.1) is 52.3 Å². The molecule has 0 aliphatic carbocycles. The molecule has 17 heteroatoms. The quantitative estimate of drug-likeness (QED) is 0.0240. The van der Waals surface area contributed by atoms with Crippen molar-refractivity contribution in [3.8, 4) is 6.07 Å². The molecule has 0 aliphatic heterocycles. The van der Waals surface area contributed by atoms with Crippen LogP contribution in [0.25, 0.3) is 0 Å². The minimum Gasteiger partial charge on any atom is -0.464 e. The monoisotopic (exact) mass is 1370 g/mol. The van der Waals surface area contributed by atoms with E-state index >= 15 is 0 Å².